The number of rotatable bonds is 4. The first kappa shape index (κ1) is 16.8. The van der Waals surface area contributed by atoms with Gasteiger partial charge in [-0.15, -0.1) is 11.3 Å². The van der Waals surface area contributed by atoms with Gasteiger partial charge in [0.2, 0.25) is 0 Å². The number of thiophene rings is 1. The molecule has 0 radical (unpaired) electrons. The van der Waals surface area contributed by atoms with Gasteiger partial charge in [-0.25, -0.2) is 9.59 Å². The number of nitrogens with one attached hydrogen (secondary N) is 1. The molecule has 1 fully saturated rings. The molecule has 0 unspecified atom stereocenters. The van der Waals surface area contributed by atoms with Crippen molar-refractivity contribution in [3.63, 3.8) is 0 Å². The van der Waals surface area contributed by atoms with Crippen LogP contribution in [0.1, 0.15) is 4.88 Å². The highest BCUT2D eigenvalue weighted by atomic mass is 79.9. The number of amides is 3. The lowest BCUT2D eigenvalue weighted by atomic mass is 10.2. The second kappa shape index (κ2) is 7.23. The summed E-state index contributed by atoms with van der Waals surface area (Å²) in [5, 5.41) is 4.83. The van der Waals surface area contributed by atoms with E-state index in [1.807, 2.05) is 17.5 Å². The van der Waals surface area contributed by atoms with Gasteiger partial charge in [-0.2, -0.15) is 0 Å². The summed E-state index contributed by atoms with van der Waals surface area (Å²) in [6.45, 7) is 1.43. The number of nitrogens with zero attached hydrogens (tertiary/aromatic N) is 2. The van der Waals surface area contributed by atoms with E-state index in [1.54, 1.807) is 46.4 Å². The monoisotopic (exact) mass is 409 g/mol. The van der Waals surface area contributed by atoms with Crippen LogP contribution >= 0.6 is 27.3 Å². The smallest absolute Gasteiger partial charge is 0.414 e. The molecule has 2 heterocycles. The molecule has 1 aliphatic rings. The number of anilines is 2. The van der Waals surface area contributed by atoms with Gasteiger partial charge in [-0.05, 0) is 40.2 Å². The zero-order valence-corrected chi connectivity index (χ0v) is 15.4. The van der Waals surface area contributed by atoms with Crippen molar-refractivity contribution >= 4 is 50.8 Å². The molecule has 24 heavy (non-hydrogen) atoms. The van der Waals surface area contributed by atoms with Crippen molar-refractivity contribution < 1.29 is 14.3 Å². The molecule has 1 saturated heterocycles. The summed E-state index contributed by atoms with van der Waals surface area (Å²) in [4.78, 5) is 28.2. The van der Waals surface area contributed by atoms with Crippen molar-refractivity contribution in [3.05, 3.63) is 45.1 Å². The Bertz CT molecular complexity index is 765. The fourth-order valence-corrected chi connectivity index (χ4v) is 3.84. The largest absolute Gasteiger partial charge is 0.447 e. The Morgan fingerprint density at radius 1 is 1.46 bits per heavy atom. The minimum Gasteiger partial charge on any atom is -0.447 e. The Balaban J connectivity index is 1.64. The van der Waals surface area contributed by atoms with Crippen LogP contribution in [-0.2, 0) is 11.3 Å². The van der Waals surface area contributed by atoms with E-state index >= 15 is 0 Å². The van der Waals surface area contributed by atoms with Gasteiger partial charge in [0, 0.05) is 33.2 Å². The molecule has 3 amide bonds. The van der Waals surface area contributed by atoms with Crippen molar-refractivity contribution in [3.8, 4) is 0 Å². The number of hydrogen-bond acceptors (Lipinski definition) is 4. The molecule has 0 saturated carbocycles. The first-order valence-electron chi connectivity index (χ1n) is 7.32. The highest BCUT2D eigenvalue weighted by molar-refractivity contribution is 9.10. The molecule has 0 aliphatic carbocycles. The molecule has 0 spiro atoms. The van der Waals surface area contributed by atoms with Crippen molar-refractivity contribution in [1.82, 2.24) is 4.90 Å². The van der Waals surface area contributed by atoms with Crippen LogP contribution in [0.3, 0.4) is 0 Å². The lowest BCUT2D eigenvalue weighted by molar-refractivity contribution is 0.181. The summed E-state index contributed by atoms with van der Waals surface area (Å²) in [7, 11) is 1.74. The van der Waals surface area contributed by atoms with Crippen LogP contribution in [0.2, 0.25) is 0 Å². The summed E-state index contributed by atoms with van der Waals surface area (Å²) < 4.78 is 5.95. The third-order valence-electron chi connectivity index (χ3n) is 3.53. The fraction of sp³-hybridized carbons (Fsp3) is 0.250. The molecule has 126 valence electrons. The van der Waals surface area contributed by atoms with E-state index in [4.69, 9.17) is 4.74 Å². The van der Waals surface area contributed by atoms with E-state index < -0.39 is 0 Å². The minimum absolute atomic E-state index is 0.208. The average molecular weight is 410 g/mol. The summed E-state index contributed by atoms with van der Waals surface area (Å²) in [6, 6.07) is 8.95. The molecule has 0 bridgehead atoms. The van der Waals surface area contributed by atoms with E-state index in [1.165, 1.54) is 0 Å². The number of carbonyl (C=O) groups is 2. The number of ether oxygens (including phenoxy) is 1. The third kappa shape index (κ3) is 3.88. The number of carbonyl (C=O) groups excluding carboxylic acids is 2. The third-order valence-corrected chi connectivity index (χ3v) is 5.21. The number of halogens is 1. The SMILES string of the molecule is CN(Cc1cc(Br)cs1)C(=O)Nc1cccc(N2CCOC2=O)c1. The van der Waals surface area contributed by atoms with Gasteiger partial charge in [-0.1, -0.05) is 6.07 Å². The quantitative estimate of drug-likeness (QED) is 0.825. The molecular formula is C16H16BrN3O3S. The van der Waals surface area contributed by atoms with E-state index in [0.717, 1.165) is 9.35 Å². The van der Waals surface area contributed by atoms with Gasteiger partial charge in [0.05, 0.1) is 13.1 Å². The van der Waals surface area contributed by atoms with E-state index in [-0.39, 0.29) is 12.1 Å². The lowest BCUT2D eigenvalue weighted by Gasteiger charge is -2.18. The first-order chi connectivity index (χ1) is 11.5. The van der Waals surface area contributed by atoms with E-state index in [0.29, 0.717) is 31.1 Å². The highest BCUT2D eigenvalue weighted by Gasteiger charge is 2.23. The summed E-state index contributed by atoms with van der Waals surface area (Å²) >= 11 is 5.00. The standard InChI is InChI=1S/C16H16BrN3O3S/c1-19(9-14-7-11(17)10-24-14)15(21)18-12-3-2-4-13(8-12)20-5-6-23-16(20)22/h2-4,7-8,10H,5-6,9H2,1H3,(H,18,21). The van der Waals surface area contributed by atoms with Crippen molar-refractivity contribution in [2.24, 2.45) is 0 Å². The number of hydrogen-bond donors (Lipinski definition) is 1. The zero-order valence-electron chi connectivity index (χ0n) is 13.0. The molecule has 8 heteroatoms. The molecule has 0 atom stereocenters. The van der Waals surface area contributed by atoms with E-state index in [2.05, 4.69) is 21.2 Å². The number of cyclic esters (lactones) is 1. The summed E-state index contributed by atoms with van der Waals surface area (Å²) in [6.07, 6.45) is -0.362. The summed E-state index contributed by atoms with van der Waals surface area (Å²) in [5.74, 6) is 0. The number of benzene rings is 1. The van der Waals surface area contributed by atoms with Crippen molar-refractivity contribution in [2.45, 2.75) is 6.54 Å². The van der Waals surface area contributed by atoms with Crippen LogP contribution in [0, 0.1) is 0 Å². The zero-order chi connectivity index (χ0) is 17.1. The molecule has 1 aromatic carbocycles. The van der Waals surface area contributed by atoms with Gasteiger partial charge in [-0.3, -0.25) is 4.90 Å². The average Bonchev–Trinajstić information content (AvgIpc) is 3.16. The number of urea groups is 1. The van der Waals surface area contributed by atoms with Crippen LogP contribution in [0.4, 0.5) is 21.0 Å². The van der Waals surface area contributed by atoms with Gasteiger partial charge in [0.1, 0.15) is 6.61 Å². The predicted molar refractivity (Wildman–Crippen MR) is 97.6 cm³/mol. The fourth-order valence-electron chi connectivity index (χ4n) is 2.34. The second-order valence-electron chi connectivity index (χ2n) is 5.33. The molecule has 1 N–H and O–H groups in total. The second-order valence-corrected chi connectivity index (χ2v) is 7.25. The van der Waals surface area contributed by atoms with E-state index in [9.17, 15) is 9.59 Å². The van der Waals surface area contributed by atoms with Crippen molar-refractivity contribution in [2.75, 3.05) is 30.4 Å². The maximum atomic E-state index is 12.3. The maximum Gasteiger partial charge on any atom is 0.414 e. The van der Waals surface area contributed by atoms with Gasteiger partial charge >= 0.3 is 12.1 Å². The lowest BCUT2D eigenvalue weighted by Crippen LogP contribution is -2.30. The Kier molecular flexibility index (Phi) is 5.06. The molecular weight excluding hydrogens is 394 g/mol. The Hall–Kier alpha value is -2.06. The molecule has 3 rings (SSSR count). The van der Waals surface area contributed by atoms with Crippen LogP contribution < -0.4 is 10.2 Å². The Morgan fingerprint density at radius 3 is 2.96 bits per heavy atom. The molecule has 6 nitrogen and oxygen atoms in total. The topological polar surface area (TPSA) is 61.9 Å². The molecule has 2 aromatic rings. The van der Waals surface area contributed by atoms with Gasteiger partial charge in [0.15, 0.2) is 0 Å². The van der Waals surface area contributed by atoms with Crippen LogP contribution in [0.5, 0.6) is 0 Å². The first-order valence-corrected chi connectivity index (χ1v) is 8.99. The highest BCUT2D eigenvalue weighted by Crippen LogP contribution is 2.23. The normalized spacial score (nSPS) is 13.8. The predicted octanol–water partition coefficient (Wildman–Crippen LogP) is 4.13. The molecule has 1 aromatic heterocycles. The molecule has 1 aliphatic heterocycles. The minimum atomic E-state index is -0.362. The Morgan fingerprint density at radius 2 is 2.29 bits per heavy atom. The van der Waals surface area contributed by atoms with Crippen LogP contribution in [0.25, 0.3) is 0 Å². The van der Waals surface area contributed by atoms with Crippen LogP contribution in [-0.4, -0.2) is 37.2 Å². The van der Waals surface area contributed by atoms with Gasteiger partial charge in [0.25, 0.3) is 0 Å². The summed E-state index contributed by atoms with van der Waals surface area (Å²) in [5.41, 5.74) is 1.34. The Labute approximate surface area is 152 Å². The van der Waals surface area contributed by atoms with Gasteiger partial charge < -0.3 is 15.0 Å². The van der Waals surface area contributed by atoms with Crippen molar-refractivity contribution in [1.29, 1.82) is 0 Å². The van der Waals surface area contributed by atoms with Crippen LogP contribution in [0.15, 0.2) is 40.2 Å². The maximum absolute atomic E-state index is 12.3.